The fraction of sp³-hybridized carbons (Fsp3) is 0.375. The predicted octanol–water partition coefficient (Wildman–Crippen LogP) is 3.22. The zero-order valence-electron chi connectivity index (χ0n) is 18.0. The summed E-state index contributed by atoms with van der Waals surface area (Å²) in [4.78, 5) is 4.37. The Morgan fingerprint density at radius 3 is 2.72 bits per heavy atom. The van der Waals surface area contributed by atoms with Gasteiger partial charge in [-0.15, -0.1) is 0 Å². The van der Waals surface area contributed by atoms with Gasteiger partial charge in [0.15, 0.2) is 5.82 Å². The number of hydrogen-bond acceptors (Lipinski definition) is 7. The Kier molecular flexibility index (Phi) is 6.81. The molecule has 8 nitrogen and oxygen atoms in total. The van der Waals surface area contributed by atoms with Gasteiger partial charge in [0, 0.05) is 25.0 Å². The van der Waals surface area contributed by atoms with Gasteiger partial charge in [0.05, 0.1) is 23.4 Å². The highest BCUT2D eigenvalue weighted by atomic mass is 16.5. The number of aromatic hydroxyl groups is 1. The molecule has 3 N–H and O–H groups in total. The van der Waals surface area contributed by atoms with Crippen molar-refractivity contribution in [1.29, 1.82) is 5.26 Å². The molecule has 32 heavy (non-hydrogen) atoms. The first-order valence-corrected chi connectivity index (χ1v) is 10.8. The third kappa shape index (κ3) is 4.81. The van der Waals surface area contributed by atoms with Gasteiger partial charge >= 0.3 is 0 Å². The van der Waals surface area contributed by atoms with Crippen molar-refractivity contribution >= 4 is 0 Å². The van der Waals surface area contributed by atoms with Crippen LogP contribution in [0.15, 0.2) is 42.7 Å². The summed E-state index contributed by atoms with van der Waals surface area (Å²) in [6.07, 6.45) is 5.50. The molecule has 0 radical (unpaired) electrons. The number of pyridine rings is 1. The molecule has 1 aliphatic heterocycles. The molecule has 0 bridgehead atoms. The Balaban J connectivity index is 1.42. The van der Waals surface area contributed by atoms with Gasteiger partial charge in [0.25, 0.3) is 0 Å². The van der Waals surface area contributed by atoms with Gasteiger partial charge in [0.2, 0.25) is 5.88 Å². The second-order valence-electron chi connectivity index (χ2n) is 8.09. The standard InChI is InChI=1S/C24H27N5O3/c1-16-12-18(13-25)2-4-20(16)21-15-28-29(24(21)31)22-5-3-19(14-27-22)23(30)26-9-6-17-7-10-32-11-8-17/h2-5,12,14-15,17,23,26,30-31H,6-11H2,1H3/t23-/m1/s1. The van der Waals surface area contributed by atoms with Crippen LogP contribution in [-0.4, -0.2) is 44.7 Å². The van der Waals surface area contributed by atoms with Gasteiger partial charge in [-0.25, -0.2) is 4.98 Å². The van der Waals surface area contributed by atoms with E-state index in [4.69, 9.17) is 10.00 Å². The van der Waals surface area contributed by atoms with Crippen LogP contribution >= 0.6 is 0 Å². The largest absolute Gasteiger partial charge is 0.493 e. The molecule has 0 unspecified atom stereocenters. The monoisotopic (exact) mass is 433 g/mol. The minimum atomic E-state index is -0.806. The first-order chi connectivity index (χ1) is 15.6. The van der Waals surface area contributed by atoms with Crippen LogP contribution in [0, 0.1) is 24.2 Å². The fourth-order valence-corrected chi connectivity index (χ4v) is 4.00. The highest BCUT2D eigenvalue weighted by molar-refractivity contribution is 5.72. The smallest absolute Gasteiger partial charge is 0.223 e. The summed E-state index contributed by atoms with van der Waals surface area (Å²) in [5.41, 5.74) is 3.45. The quantitative estimate of drug-likeness (QED) is 0.490. The van der Waals surface area contributed by atoms with Crippen LogP contribution in [0.2, 0.25) is 0 Å². The first kappa shape index (κ1) is 22.0. The lowest BCUT2D eigenvalue weighted by atomic mass is 9.97. The number of nitriles is 1. The van der Waals surface area contributed by atoms with Crippen molar-refractivity contribution in [2.24, 2.45) is 5.92 Å². The van der Waals surface area contributed by atoms with Crippen molar-refractivity contribution in [1.82, 2.24) is 20.1 Å². The van der Waals surface area contributed by atoms with Crippen molar-refractivity contribution in [3.63, 3.8) is 0 Å². The molecule has 0 spiro atoms. The maximum absolute atomic E-state index is 10.7. The average Bonchev–Trinajstić information content (AvgIpc) is 3.20. The van der Waals surface area contributed by atoms with Crippen molar-refractivity contribution in [2.75, 3.05) is 19.8 Å². The zero-order chi connectivity index (χ0) is 22.5. The normalized spacial score (nSPS) is 15.4. The van der Waals surface area contributed by atoms with Crippen LogP contribution in [0.25, 0.3) is 16.9 Å². The van der Waals surface area contributed by atoms with Crippen molar-refractivity contribution in [3.8, 4) is 28.9 Å². The van der Waals surface area contributed by atoms with Crippen molar-refractivity contribution < 1.29 is 14.9 Å². The topological polar surface area (TPSA) is 116 Å². The Labute approximate surface area is 187 Å². The number of aryl methyl sites for hydroxylation is 1. The molecule has 0 saturated carbocycles. The molecule has 0 aliphatic carbocycles. The Morgan fingerprint density at radius 1 is 1.22 bits per heavy atom. The lowest BCUT2D eigenvalue weighted by Crippen LogP contribution is -2.26. The number of nitrogens with zero attached hydrogens (tertiary/aromatic N) is 4. The molecular weight excluding hydrogens is 406 g/mol. The molecule has 1 saturated heterocycles. The van der Waals surface area contributed by atoms with Crippen molar-refractivity contribution in [2.45, 2.75) is 32.4 Å². The third-order valence-electron chi connectivity index (χ3n) is 5.92. The van der Waals surface area contributed by atoms with Crippen LogP contribution < -0.4 is 5.32 Å². The molecular formula is C24H27N5O3. The molecule has 2 aromatic heterocycles. The summed E-state index contributed by atoms with van der Waals surface area (Å²) < 4.78 is 6.73. The predicted molar refractivity (Wildman–Crippen MR) is 119 cm³/mol. The Morgan fingerprint density at radius 2 is 2.03 bits per heavy atom. The molecule has 8 heteroatoms. The number of aliphatic hydroxyl groups is 1. The number of benzene rings is 1. The molecule has 1 atom stereocenters. The second-order valence-corrected chi connectivity index (χ2v) is 8.09. The molecule has 166 valence electrons. The summed E-state index contributed by atoms with van der Waals surface area (Å²) >= 11 is 0. The number of rotatable bonds is 7. The van der Waals surface area contributed by atoms with E-state index in [0.29, 0.717) is 28.4 Å². The van der Waals surface area contributed by atoms with E-state index in [1.165, 1.54) is 4.68 Å². The van der Waals surface area contributed by atoms with E-state index in [9.17, 15) is 10.2 Å². The van der Waals surface area contributed by atoms with Crippen LogP contribution in [0.4, 0.5) is 0 Å². The lowest BCUT2D eigenvalue weighted by molar-refractivity contribution is 0.0613. The van der Waals surface area contributed by atoms with Crippen LogP contribution in [-0.2, 0) is 4.74 Å². The van der Waals surface area contributed by atoms with E-state index in [0.717, 1.165) is 50.1 Å². The van der Waals surface area contributed by atoms with Gasteiger partial charge in [0.1, 0.15) is 6.23 Å². The van der Waals surface area contributed by atoms with Crippen LogP contribution in [0.5, 0.6) is 5.88 Å². The van der Waals surface area contributed by atoms with Crippen LogP contribution in [0.1, 0.15) is 42.2 Å². The van der Waals surface area contributed by atoms with Crippen molar-refractivity contribution in [3.05, 3.63) is 59.4 Å². The second kappa shape index (κ2) is 9.92. The SMILES string of the molecule is Cc1cc(C#N)ccc1-c1cnn(-c2ccc([C@@H](O)NCCC3CCOCC3)cn2)c1O. The third-order valence-corrected chi connectivity index (χ3v) is 5.92. The first-order valence-electron chi connectivity index (χ1n) is 10.8. The Hall–Kier alpha value is -3.25. The molecule has 3 aromatic rings. The number of hydrogen-bond donors (Lipinski definition) is 3. The van der Waals surface area contributed by atoms with Crippen LogP contribution in [0.3, 0.4) is 0 Å². The maximum Gasteiger partial charge on any atom is 0.223 e. The zero-order valence-corrected chi connectivity index (χ0v) is 18.0. The lowest BCUT2D eigenvalue weighted by Gasteiger charge is -2.22. The van der Waals surface area contributed by atoms with Gasteiger partial charge in [-0.1, -0.05) is 6.07 Å². The molecule has 1 fully saturated rings. The van der Waals surface area contributed by atoms with Gasteiger partial charge in [-0.05, 0) is 74.0 Å². The van der Waals surface area contributed by atoms with Gasteiger partial charge in [-0.3, -0.25) is 5.32 Å². The number of aromatic nitrogens is 3. The van der Waals surface area contributed by atoms with E-state index >= 15 is 0 Å². The molecule has 1 aromatic carbocycles. The highest BCUT2D eigenvalue weighted by Crippen LogP contribution is 2.33. The van der Waals surface area contributed by atoms with E-state index in [2.05, 4.69) is 21.5 Å². The number of ether oxygens (including phenoxy) is 1. The minimum Gasteiger partial charge on any atom is -0.493 e. The molecule has 4 rings (SSSR count). The van der Waals surface area contributed by atoms with Gasteiger partial charge in [-0.2, -0.15) is 15.0 Å². The van der Waals surface area contributed by atoms with E-state index in [1.807, 2.05) is 6.92 Å². The highest BCUT2D eigenvalue weighted by Gasteiger charge is 2.17. The fourth-order valence-electron chi connectivity index (χ4n) is 4.00. The van der Waals surface area contributed by atoms with E-state index in [-0.39, 0.29) is 5.88 Å². The minimum absolute atomic E-state index is 0.0341. The summed E-state index contributed by atoms with van der Waals surface area (Å²) in [5, 5.41) is 37.6. The maximum atomic E-state index is 10.7. The number of nitrogens with one attached hydrogen (secondary N) is 1. The average molecular weight is 434 g/mol. The molecule has 0 amide bonds. The summed E-state index contributed by atoms with van der Waals surface area (Å²) in [7, 11) is 0. The number of aliphatic hydroxyl groups excluding tert-OH is 1. The van der Waals surface area contributed by atoms with Gasteiger partial charge < -0.3 is 14.9 Å². The van der Waals surface area contributed by atoms with E-state index < -0.39 is 6.23 Å². The van der Waals surface area contributed by atoms with E-state index in [1.54, 1.807) is 42.7 Å². The Bertz CT molecular complexity index is 1100. The molecule has 3 heterocycles. The summed E-state index contributed by atoms with van der Waals surface area (Å²) in [6.45, 7) is 4.26. The summed E-state index contributed by atoms with van der Waals surface area (Å²) in [5.74, 6) is 1.05. The summed E-state index contributed by atoms with van der Waals surface area (Å²) in [6, 6.07) is 10.9. The molecule has 1 aliphatic rings.